The molecule has 0 unspecified atom stereocenters. The van der Waals surface area contributed by atoms with Gasteiger partial charge in [-0.05, 0) is 29.8 Å². The van der Waals surface area contributed by atoms with Crippen LogP contribution in [0.2, 0.25) is 5.28 Å². The van der Waals surface area contributed by atoms with E-state index in [4.69, 9.17) is 11.6 Å². The van der Waals surface area contributed by atoms with Crippen molar-refractivity contribution >= 4 is 28.2 Å². The van der Waals surface area contributed by atoms with Crippen molar-refractivity contribution in [3.8, 4) is 11.5 Å². The number of rotatable bonds is 1. The van der Waals surface area contributed by atoms with Crippen LogP contribution in [0.1, 0.15) is 5.56 Å². The number of H-pyrrole nitrogens is 1. The zero-order valence-corrected chi connectivity index (χ0v) is 11.9. The monoisotopic (exact) mass is 338 g/mol. The van der Waals surface area contributed by atoms with Gasteiger partial charge in [0.25, 0.3) is 0 Å². The molecule has 0 bridgehead atoms. The fraction of sp³-hybridized carbons (Fsp3) is 0.0769. The van der Waals surface area contributed by atoms with Gasteiger partial charge in [-0.15, -0.1) is 5.10 Å². The van der Waals surface area contributed by atoms with Gasteiger partial charge in [0, 0.05) is 11.6 Å². The second-order valence-electron chi connectivity index (χ2n) is 4.71. The van der Waals surface area contributed by atoms with Gasteiger partial charge in [0.1, 0.15) is 5.69 Å². The second-order valence-corrected chi connectivity index (χ2v) is 5.05. The number of nitrogens with one attached hydrogen (secondary N) is 1. The van der Waals surface area contributed by atoms with E-state index in [0.717, 1.165) is 6.07 Å². The standard InChI is InChI=1S/C13H6ClF3N6/c14-12-19-9-6(2-1-3-7(9)13(15,16)17)11-20-10(22-23(11)12)8-4-5-18-21-8/h1-5H,(H,18,21). The van der Waals surface area contributed by atoms with Gasteiger partial charge >= 0.3 is 6.18 Å². The van der Waals surface area contributed by atoms with E-state index in [-0.39, 0.29) is 27.7 Å². The van der Waals surface area contributed by atoms with Crippen LogP contribution in [0.15, 0.2) is 30.5 Å². The van der Waals surface area contributed by atoms with Gasteiger partial charge in [-0.1, -0.05) is 6.07 Å². The van der Waals surface area contributed by atoms with Crippen LogP contribution in [-0.4, -0.2) is 29.8 Å². The maximum absolute atomic E-state index is 13.1. The first-order chi connectivity index (χ1) is 10.9. The molecule has 1 N–H and O–H groups in total. The lowest BCUT2D eigenvalue weighted by Crippen LogP contribution is -2.07. The molecule has 0 atom stereocenters. The van der Waals surface area contributed by atoms with E-state index in [0.29, 0.717) is 5.69 Å². The van der Waals surface area contributed by atoms with Crippen LogP contribution in [0, 0.1) is 0 Å². The Balaban J connectivity index is 2.09. The molecule has 0 aliphatic rings. The number of benzene rings is 1. The van der Waals surface area contributed by atoms with Crippen LogP contribution < -0.4 is 0 Å². The third-order valence-electron chi connectivity index (χ3n) is 3.30. The highest BCUT2D eigenvalue weighted by Gasteiger charge is 2.34. The molecule has 4 rings (SSSR count). The number of para-hydroxylation sites is 1. The number of nitrogens with zero attached hydrogens (tertiary/aromatic N) is 5. The number of alkyl halides is 3. The van der Waals surface area contributed by atoms with Crippen LogP contribution in [-0.2, 0) is 6.18 Å². The van der Waals surface area contributed by atoms with E-state index < -0.39 is 11.7 Å². The molecule has 0 saturated carbocycles. The Morgan fingerprint density at radius 1 is 1.13 bits per heavy atom. The summed E-state index contributed by atoms with van der Waals surface area (Å²) in [4.78, 5) is 8.09. The van der Waals surface area contributed by atoms with E-state index in [9.17, 15) is 13.2 Å². The lowest BCUT2D eigenvalue weighted by atomic mass is 10.1. The number of fused-ring (bicyclic) bond motifs is 3. The average Bonchev–Trinajstić information content (AvgIpc) is 3.15. The highest BCUT2D eigenvalue weighted by molar-refractivity contribution is 6.29. The quantitative estimate of drug-likeness (QED) is 0.540. The summed E-state index contributed by atoms with van der Waals surface area (Å²) in [6, 6.07) is 5.38. The molecule has 10 heteroatoms. The molecular formula is C13H6ClF3N6. The predicted octanol–water partition coefficient (Wildman–Crippen LogP) is 3.34. The smallest absolute Gasteiger partial charge is 0.285 e. The summed E-state index contributed by atoms with van der Waals surface area (Å²) in [5.41, 5.74) is -0.504. The lowest BCUT2D eigenvalue weighted by Gasteiger charge is -2.10. The van der Waals surface area contributed by atoms with Gasteiger partial charge in [0.15, 0.2) is 5.65 Å². The lowest BCUT2D eigenvalue weighted by molar-refractivity contribution is -0.136. The fourth-order valence-electron chi connectivity index (χ4n) is 2.32. The van der Waals surface area contributed by atoms with Gasteiger partial charge in [0.05, 0.1) is 11.1 Å². The van der Waals surface area contributed by atoms with Crippen molar-refractivity contribution in [2.75, 3.05) is 0 Å². The molecule has 0 amide bonds. The van der Waals surface area contributed by atoms with Crippen molar-refractivity contribution in [3.05, 3.63) is 41.3 Å². The summed E-state index contributed by atoms with van der Waals surface area (Å²) in [6.07, 6.45) is -2.96. The summed E-state index contributed by atoms with van der Waals surface area (Å²) in [6.45, 7) is 0. The van der Waals surface area contributed by atoms with Gasteiger partial charge in [-0.3, -0.25) is 5.10 Å². The molecule has 3 heterocycles. The minimum absolute atomic E-state index is 0.184. The molecular weight excluding hydrogens is 333 g/mol. The van der Waals surface area contributed by atoms with E-state index in [1.165, 1.54) is 16.6 Å². The highest BCUT2D eigenvalue weighted by atomic mass is 35.5. The first-order valence-corrected chi connectivity index (χ1v) is 6.75. The summed E-state index contributed by atoms with van der Waals surface area (Å²) in [5, 5.41) is 10.7. The van der Waals surface area contributed by atoms with Crippen molar-refractivity contribution in [2.45, 2.75) is 6.18 Å². The molecule has 0 spiro atoms. The third-order valence-corrected chi connectivity index (χ3v) is 3.54. The highest BCUT2D eigenvalue weighted by Crippen LogP contribution is 2.35. The Hall–Kier alpha value is -2.68. The van der Waals surface area contributed by atoms with Crippen molar-refractivity contribution in [1.29, 1.82) is 0 Å². The summed E-state index contributed by atoms with van der Waals surface area (Å²) in [7, 11) is 0. The molecule has 4 aromatic rings. The molecule has 1 aromatic carbocycles. The summed E-state index contributed by atoms with van der Waals surface area (Å²) in [5.74, 6) is 0.236. The fourth-order valence-corrected chi connectivity index (χ4v) is 2.52. The van der Waals surface area contributed by atoms with Crippen molar-refractivity contribution < 1.29 is 13.2 Å². The van der Waals surface area contributed by atoms with E-state index in [2.05, 4.69) is 25.3 Å². The maximum atomic E-state index is 13.1. The molecule has 0 aliphatic heterocycles. The summed E-state index contributed by atoms with van der Waals surface area (Å²) < 4.78 is 40.6. The third kappa shape index (κ3) is 2.12. The van der Waals surface area contributed by atoms with Crippen LogP contribution >= 0.6 is 11.6 Å². The normalized spacial score (nSPS) is 12.3. The molecule has 0 saturated heterocycles. The van der Waals surface area contributed by atoms with Gasteiger partial charge in [0.2, 0.25) is 11.1 Å². The maximum Gasteiger partial charge on any atom is 0.418 e. The zero-order valence-electron chi connectivity index (χ0n) is 11.1. The van der Waals surface area contributed by atoms with Gasteiger partial charge in [-0.2, -0.15) is 22.8 Å². The van der Waals surface area contributed by atoms with E-state index in [1.54, 1.807) is 12.3 Å². The molecule has 116 valence electrons. The number of hydrogen-bond acceptors (Lipinski definition) is 4. The molecule has 23 heavy (non-hydrogen) atoms. The number of halogens is 4. The molecule has 6 nitrogen and oxygen atoms in total. The zero-order chi connectivity index (χ0) is 16.2. The Morgan fingerprint density at radius 3 is 2.65 bits per heavy atom. The Kier molecular flexibility index (Phi) is 2.82. The second kappa shape index (κ2) is 4.66. The van der Waals surface area contributed by atoms with Gasteiger partial charge < -0.3 is 0 Å². The molecule has 0 aliphatic carbocycles. The molecule has 0 radical (unpaired) electrons. The summed E-state index contributed by atoms with van der Waals surface area (Å²) >= 11 is 5.99. The van der Waals surface area contributed by atoms with Crippen LogP contribution in [0.3, 0.4) is 0 Å². The van der Waals surface area contributed by atoms with Crippen molar-refractivity contribution in [1.82, 2.24) is 29.8 Å². The minimum Gasteiger partial charge on any atom is -0.285 e. The van der Waals surface area contributed by atoms with Crippen LogP contribution in [0.4, 0.5) is 13.2 Å². The largest absolute Gasteiger partial charge is 0.418 e. The van der Waals surface area contributed by atoms with Gasteiger partial charge in [-0.25, -0.2) is 9.97 Å². The Labute approximate surface area is 130 Å². The van der Waals surface area contributed by atoms with Crippen molar-refractivity contribution in [2.24, 2.45) is 0 Å². The van der Waals surface area contributed by atoms with E-state index >= 15 is 0 Å². The Bertz CT molecular complexity index is 1020. The van der Waals surface area contributed by atoms with Crippen LogP contribution in [0.25, 0.3) is 28.1 Å². The number of aromatic amines is 1. The van der Waals surface area contributed by atoms with E-state index in [1.807, 2.05) is 0 Å². The SMILES string of the molecule is FC(F)(F)c1cccc2c1nc(Cl)n1nc(-c3cc[nH]n3)nc21. The average molecular weight is 339 g/mol. The number of hydrogen-bond donors (Lipinski definition) is 1. The minimum atomic E-state index is -4.54. The first kappa shape index (κ1) is 13.9. The molecule has 3 aromatic heterocycles. The predicted molar refractivity (Wildman–Crippen MR) is 75.9 cm³/mol. The Morgan fingerprint density at radius 2 is 1.96 bits per heavy atom. The molecule has 0 fully saturated rings. The topological polar surface area (TPSA) is 71.8 Å². The number of aromatic nitrogens is 6. The van der Waals surface area contributed by atoms with Crippen LogP contribution in [0.5, 0.6) is 0 Å². The van der Waals surface area contributed by atoms with Crippen molar-refractivity contribution in [3.63, 3.8) is 0 Å². The first-order valence-electron chi connectivity index (χ1n) is 6.37.